The van der Waals surface area contributed by atoms with Crippen LogP contribution in [0.3, 0.4) is 0 Å². The molecule has 0 spiro atoms. The van der Waals surface area contributed by atoms with Crippen LogP contribution >= 0.6 is 15.9 Å². The van der Waals surface area contributed by atoms with Crippen LogP contribution in [0.4, 0.5) is 17.6 Å². The Bertz CT molecular complexity index is 843. The molecule has 3 rings (SSSR count). The SMILES string of the molecule is Fc1cc(-c2noc(C(F)(F)F)n2)ccc1Cn1cnc(Br)c1. The highest BCUT2D eigenvalue weighted by atomic mass is 79.9. The molecule has 2 heterocycles. The molecule has 0 atom stereocenters. The number of imidazole rings is 1. The molecule has 0 bridgehead atoms. The summed E-state index contributed by atoms with van der Waals surface area (Å²) in [5.41, 5.74) is 0.440. The molecule has 1 aromatic carbocycles. The minimum absolute atomic E-state index is 0.0947. The largest absolute Gasteiger partial charge is 0.471 e. The molecule has 0 saturated carbocycles. The van der Waals surface area contributed by atoms with E-state index >= 15 is 0 Å². The first-order valence-electron chi connectivity index (χ1n) is 6.20. The normalized spacial score (nSPS) is 11.9. The van der Waals surface area contributed by atoms with Crippen molar-refractivity contribution in [3.8, 4) is 11.4 Å². The van der Waals surface area contributed by atoms with E-state index in [4.69, 9.17) is 0 Å². The van der Waals surface area contributed by atoms with E-state index in [0.29, 0.717) is 10.2 Å². The smallest absolute Gasteiger partial charge is 0.332 e. The maximum atomic E-state index is 14.1. The molecular formula is C13H7BrF4N4O. The van der Waals surface area contributed by atoms with Gasteiger partial charge in [-0.25, -0.2) is 9.37 Å². The second-order valence-electron chi connectivity index (χ2n) is 4.60. The van der Waals surface area contributed by atoms with Crippen molar-refractivity contribution in [2.45, 2.75) is 12.7 Å². The Morgan fingerprint density at radius 1 is 1.26 bits per heavy atom. The number of benzene rings is 1. The van der Waals surface area contributed by atoms with Crippen molar-refractivity contribution in [2.24, 2.45) is 0 Å². The van der Waals surface area contributed by atoms with Gasteiger partial charge in [0, 0.05) is 17.3 Å². The predicted molar refractivity (Wildman–Crippen MR) is 73.7 cm³/mol. The van der Waals surface area contributed by atoms with E-state index in [2.05, 4.69) is 35.6 Å². The number of nitrogens with zero attached hydrogens (tertiary/aromatic N) is 4. The number of alkyl halides is 3. The average Bonchev–Trinajstić information content (AvgIpc) is 3.10. The molecular weight excluding hydrogens is 384 g/mol. The van der Waals surface area contributed by atoms with E-state index in [-0.39, 0.29) is 17.9 Å². The van der Waals surface area contributed by atoms with Crippen molar-refractivity contribution in [1.82, 2.24) is 19.7 Å². The Morgan fingerprint density at radius 3 is 2.61 bits per heavy atom. The monoisotopic (exact) mass is 390 g/mol. The van der Waals surface area contributed by atoms with Crippen LogP contribution in [0.1, 0.15) is 11.5 Å². The fourth-order valence-electron chi connectivity index (χ4n) is 1.89. The van der Waals surface area contributed by atoms with Crippen molar-refractivity contribution in [1.29, 1.82) is 0 Å². The van der Waals surface area contributed by atoms with E-state index in [1.165, 1.54) is 18.5 Å². The Labute approximate surface area is 135 Å². The summed E-state index contributed by atoms with van der Waals surface area (Å²) in [4.78, 5) is 7.17. The molecule has 0 aliphatic heterocycles. The molecule has 120 valence electrons. The molecule has 10 heteroatoms. The lowest BCUT2D eigenvalue weighted by molar-refractivity contribution is -0.159. The summed E-state index contributed by atoms with van der Waals surface area (Å²) in [5.74, 6) is -2.39. The first kappa shape index (κ1) is 15.7. The Balaban J connectivity index is 1.85. The molecule has 0 radical (unpaired) electrons. The van der Waals surface area contributed by atoms with Crippen LogP contribution < -0.4 is 0 Å². The van der Waals surface area contributed by atoms with E-state index in [0.717, 1.165) is 6.07 Å². The standard InChI is InChI=1S/C13H7BrF4N4O/c14-10-5-22(6-19-10)4-8-2-1-7(3-9(8)15)11-20-12(23-21-11)13(16,17)18/h1-3,5-6H,4H2. The molecule has 0 fully saturated rings. The zero-order chi connectivity index (χ0) is 16.6. The summed E-state index contributed by atoms with van der Waals surface area (Å²) in [6.45, 7) is 0.227. The van der Waals surface area contributed by atoms with Crippen molar-refractivity contribution < 1.29 is 22.1 Å². The molecule has 2 aromatic heterocycles. The van der Waals surface area contributed by atoms with Gasteiger partial charge in [-0.15, -0.1) is 0 Å². The Morgan fingerprint density at radius 2 is 2.04 bits per heavy atom. The van der Waals surface area contributed by atoms with Crippen molar-refractivity contribution >= 4 is 15.9 Å². The highest BCUT2D eigenvalue weighted by Gasteiger charge is 2.38. The summed E-state index contributed by atoms with van der Waals surface area (Å²) >= 11 is 3.18. The van der Waals surface area contributed by atoms with Gasteiger partial charge in [0.15, 0.2) is 0 Å². The second kappa shape index (κ2) is 5.76. The number of hydrogen-bond donors (Lipinski definition) is 0. The molecule has 5 nitrogen and oxygen atoms in total. The molecule has 0 aliphatic carbocycles. The zero-order valence-corrected chi connectivity index (χ0v) is 12.8. The molecule has 23 heavy (non-hydrogen) atoms. The van der Waals surface area contributed by atoms with Gasteiger partial charge < -0.3 is 9.09 Å². The van der Waals surface area contributed by atoms with Gasteiger partial charge in [-0.05, 0) is 22.0 Å². The van der Waals surface area contributed by atoms with Crippen molar-refractivity contribution in [2.75, 3.05) is 0 Å². The Kier molecular flexibility index (Phi) is 3.92. The van der Waals surface area contributed by atoms with E-state index < -0.39 is 17.9 Å². The molecule has 0 unspecified atom stereocenters. The third kappa shape index (κ3) is 3.41. The summed E-state index contributed by atoms with van der Waals surface area (Å²) in [5, 5.41) is 3.22. The summed E-state index contributed by atoms with van der Waals surface area (Å²) in [6, 6.07) is 3.93. The number of halogens is 5. The van der Waals surface area contributed by atoms with Gasteiger partial charge in [-0.2, -0.15) is 18.2 Å². The fourth-order valence-corrected chi connectivity index (χ4v) is 2.24. The van der Waals surface area contributed by atoms with Gasteiger partial charge in [0.25, 0.3) is 0 Å². The van der Waals surface area contributed by atoms with Gasteiger partial charge >= 0.3 is 12.1 Å². The fraction of sp³-hybridized carbons (Fsp3) is 0.154. The quantitative estimate of drug-likeness (QED) is 0.636. The predicted octanol–water partition coefficient (Wildman–Crippen LogP) is 3.90. The molecule has 0 N–H and O–H groups in total. The topological polar surface area (TPSA) is 56.7 Å². The molecule has 0 saturated heterocycles. The van der Waals surface area contributed by atoms with Crippen molar-refractivity contribution in [3.05, 3.63) is 52.6 Å². The van der Waals surface area contributed by atoms with E-state index in [1.807, 2.05) is 0 Å². The summed E-state index contributed by atoms with van der Waals surface area (Å²) < 4.78 is 57.8. The lowest BCUT2D eigenvalue weighted by Crippen LogP contribution is -2.05. The highest BCUT2D eigenvalue weighted by molar-refractivity contribution is 9.10. The lowest BCUT2D eigenvalue weighted by Gasteiger charge is -2.05. The van der Waals surface area contributed by atoms with Crippen LogP contribution in [0.5, 0.6) is 0 Å². The van der Waals surface area contributed by atoms with Crippen molar-refractivity contribution in [3.63, 3.8) is 0 Å². The average molecular weight is 391 g/mol. The van der Waals surface area contributed by atoms with Gasteiger partial charge in [0.2, 0.25) is 5.82 Å². The first-order chi connectivity index (χ1) is 10.8. The molecule has 3 aromatic rings. The third-order valence-corrected chi connectivity index (χ3v) is 3.34. The number of hydrogen-bond acceptors (Lipinski definition) is 4. The van der Waals surface area contributed by atoms with Crippen LogP contribution in [-0.4, -0.2) is 19.7 Å². The Hall–Kier alpha value is -2.23. The number of aromatic nitrogens is 4. The minimum atomic E-state index is -4.74. The summed E-state index contributed by atoms with van der Waals surface area (Å²) in [7, 11) is 0. The van der Waals surface area contributed by atoms with Crippen LogP contribution in [0.2, 0.25) is 0 Å². The van der Waals surface area contributed by atoms with Crippen LogP contribution in [0, 0.1) is 5.82 Å². The van der Waals surface area contributed by atoms with Crippen LogP contribution in [-0.2, 0) is 12.7 Å². The van der Waals surface area contributed by atoms with Gasteiger partial charge in [0.1, 0.15) is 10.4 Å². The van der Waals surface area contributed by atoms with Gasteiger partial charge in [-0.1, -0.05) is 17.3 Å². The zero-order valence-electron chi connectivity index (χ0n) is 11.2. The number of rotatable bonds is 3. The minimum Gasteiger partial charge on any atom is -0.332 e. The van der Waals surface area contributed by atoms with Gasteiger partial charge in [-0.3, -0.25) is 0 Å². The molecule has 0 amide bonds. The van der Waals surface area contributed by atoms with E-state index in [9.17, 15) is 17.6 Å². The highest BCUT2D eigenvalue weighted by Crippen LogP contribution is 2.29. The third-order valence-electron chi connectivity index (χ3n) is 2.93. The van der Waals surface area contributed by atoms with Crippen LogP contribution in [0.25, 0.3) is 11.4 Å². The maximum Gasteiger partial charge on any atom is 0.471 e. The van der Waals surface area contributed by atoms with Crippen LogP contribution in [0.15, 0.2) is 39.8 Å². The van der Waals surface area contributed by atoms with Gasteiger partial charge in [0.05, 0.1) is 12.9 Å². The first-order valence-corrected chi connectivity index (χ1v) is 6.99. The molecule has 0 aliphatic rings. The second-order valence-corrected chi connectivity index (χ2v) is 5.41. The maximum absolute atomic E-state index is 14.1. The summed E-state index contributed by atoms with van der Waals surface area (Å²) in [6.07, 6.45) is -1.55. The van der Waals surface area contributed by atoms with E-state index in [1.54, 1.807) is 10.8 Å². The lowest BCUT2D eigenvalue weighted by atomic mass is 10.1.